The minimum Gasteiger partial charge on any atom is -0.374 e. The number of rotatable bonds is 8. The number of nitrogens with zero attached hydrogens (tertiary/aromatic N) is 2. The Balaban J connectivity index is 1.73. The van der Waals surface area contributed by atoms with Crippen molar-refractivity contribution in [1.82, 2.24) is 15.1 Å². The van der Waals surface area contributed by atoms with E-state index in [9.17, 15) is 4.79 Å². The topological polar surface area (TPSA) is 44.8 Å². The van der Waals surface area contributed by atoms with E-state index in [2.05, 4.69) is 48.0 Å². The lowest BCUT2D eigenvalue weighted by molar-refractivity contribution is -0.123. The maximum atomic E-state index is 12.3. The maximum absolute atomic E-state index is 12.3. The van der Waals surface area contributed by atoms with Gasteiger partial charge in [-0.25, -0.2) is 0 Å². The zero-order valence-corrected chi connectivity index (χ0v) is 16.1. The second-order valence-corrected chi connectivity index (χ2v) is 7.45. The SMILES string of the molecule is CC(C)CN1CCOC(CNC(=O)CN(C)C(C)c2ccccc2)C1. The van der Waals surface area contributed by atoms with Gasteiger partial charge in [0.15, 0.2) is 0 Å². The molecule has 1 heterocycles. The molecule has 0 radical (unpaired) electrons. The van der Waals surface area contributed by atoms with Crippen molar-refractivity contribution in [2.75, 3.05) is 46.4 Å². The number of likely N-dealkylation sites (N-methyl/N-ethyl adjacent to an activating group) is 1. The van der Waals surface area contributed by atoms with E-state index >= 15 is 0 Å². The van der Waals surface area contributed by atoms with Crippen molar-refractivity contribution in [3.8, 4) is 0 Å². The van der Waals surface area contributed by atoms with E-state index in [4.69, 9.17) is 4.74 Å². The van der Waals surface area contributed by atoms with Crippen molar-refractivity contribution in [1.29, 1.82) is 0 Å². The van der Waals surface area contributed by atoms with Crippen molar-refractivity contribution >= 4 is 5.91 Å². The summed E-state index contributed by atoms with van der Waals surface area (Å²) in [6.45, 7) is 11.3. The molecular formula is C20H33N3O2. The highest BCUT2D eigenvalue weighted by Gasteiger charge is 2.22. The molecule has 1 aliphatic rings. The molecule has 1 aliphatic heterocycles. The first kappa shape index (κ1) is 19.9. The minimum absolute atomic E-state index is 0.0508. The number of hydrogen-bond donors (Lipinski definition) is 1. The molecule has 0 spiro atoms. The fourth-order valence-corrected chi connectivity index (χ4v) is 3.22. The van der Waals surface area contributed by atoms with E-state index in [1.165, 1.54) is 5.56 Å². The van der Waals surface area contributed by atoms with Gasteiger partial charge in [-0.1, -0.05) is 44.2 Å². The number of morpholine rings is 1. The summed E-state index contributed by atoms with van der Waals surface area (Å²) >= 11 is 0. The number of nitrogens with one attached hydrogen (secondary N) is 1. The highest BCUT2D eigenvalue weighted by molar-refractivity contribution is 5.78. The van der Waals surface area contributed by atoms with Crippen molar-refractivity contribution in [2.24, 2.45) is 5.92 Å². The molecule has 1 aromatic rings. The fraction of sp³-hybridized carbons (Fsp3) is 0.650. The molecule has 0 saturated carbocycles. The highest BCUT2D eigenvalue weighted by atomic mass is 16.5. The number of amides is 1. The number of carbonyl (C=O) groups excluding carboxylic acids is 1. The zero-order chi connectivity index (χ0) is 18.2. The smallest absolute Gasteiger partial charge is 0.234 e. The lowest BCUT2D eigenvalue weighted by atomic mass is 10.1. The van der Waals surface area contributed by atoms with Crippen LogP contribution in [0.4, 0.5) is 0 Å². The fourth-order valence-electron chi connectivity index (χ4n) is 3.22. The number of hydrogen-bond acceptors (Lipinski definition) is 4. The Kier molecular flexibility index (Phi) is 7.88. The van der Waals surface area contributed by atoms with E-state index in [0.29, 0.717) is 19.0 Å². The summed E-state index contributed by atoms with van der Waals surface area (Å²) in [5.74, 6) is 0.705. The third kappa shape index (κ3) is 6.77. The van der Waals surface area contributed by atoms with Gasteiger partial charge in [0.05, 0.1) is 19.3 Å². The molecule has 0 aromatic heterocycles. The summed E-state index contributed by atoms with van der Waals surface area (Å²) in [6.07, 6.45) is 0.0910. The molecule has 2 rings (SSSR count). The molecule has 2 atom stereocenters. The quantitative estimate of drug-likeness (QED) is 0.783. The third-order valence-corrected chi connectivity index (χ3v) is 4.71. The Bertz CT molecular complexity index is 521. The predicted molar refractivity (Wildman–Crippen MR) is 102 cm³/mol. The average molecular weight is 348 g/mol. The van der Waals surface area contributed by atoms with Crippen LogP contribution in [-0.2, 0) is 9.53 Å². The third-order valence-electron chi connectivity index (χ3n) is 4.71. The molecular weight excluding hydrogens is 314 g/mol. The van der Waals surface area contributed by atoms with Crippen LogP contribution in [0.3, 0.4) is 0 Å². The van der Waals surface area contributed by atoms with Crippen molar-refractivity contribution in [3.05, 3.63) is 35.9 Å². The summed E-state index contributed by atoms with van der Waals surface area (Å²) in [4.78, 5) is 16.8. The van der Waals surface area contributed by atoms with Gasteiger partial charge < -0.3 is 10.1 Å². The molecule has 0 aliphatic carbocycles. The van der Waals surface area contributed by atoms with Crippen LogP contribution in [0.1, 0.15) is 32.4 Å². The van der Waals surface area contributed by atoms with Crippen molar-refractivity contribution in [2.45, 2.75) is 32.9 Å². The van der Waals surface area contributed by atoms with Gasteiger partial charge in [0.1, 0.15) is 0 Å². The van der Waals surface area contributed by atoms with Gasteiger partial charge in [-0.05, 0) is 25.5 Å². The zero-order valence-electron chi connectivity index (χ0n) is 16.1. The monoisotopic (exact) mass is 347 g/mol. The van der Waals surface area contributed by atoms with Crippen LogP contribution in [0.25, 0.3) is 0 Å². The van der Waals surface area contributed by atoms with Crippen LogP contribution >= 0.6 is 0 Å². The second-order valence-electron chi connectivity index (χ2n) is 7.45. The number of carbonyl (C=O) groups is 1. The minimum atomic E-state index is 0.0508. The first-order chi connectivity index (χ1) is 12.0. The van der Waals surface area contributed by atoms with Crippen molar-refractivity contribution < 1.29 is 9.53 Å². The molecule has 1 N–H and O–H groups in total. The van der Waals surface area contributed by atoms with Crippen LogP contribution in [-0.4, -0.2) is 68.2 Å². The largest absolute Gasteiger partial charge is 0.374 e. The molecule has 5 nitrogen and oxygen atoms in total. The number of benzene rings is 1. The van der Waals surface area contributed by atoms with Gasteiger partial charge in [0.25, 0.3) is 0 Å². The Morgan fingerprint density at radius 1 is 1.32 bits per heavy atom. The lowest BCUT2D eigenvalue weighted by Gasteiger charge is -2.34. The number of ether oxygens (including phenoxy) is 1. The van der Waals surface area contributed by atoms with Gasteiger partial charge in [-0.2, -0.15) is 0 Å². The Morgan fingerprint density at radius 2 is 2.04 bits per heavy atom. The summed E-state index contributed by atoms with van der Waals surface area (Å²) in [7, 11) is 1.98. The molecule has 25 heavy (non-hydrogen) atoms. The second kappa shape index (κ2) is 9.90. The summed E-state index contributed by atoms with van der Waals surface area (Å²) < 4.78 is 5.79. The predicted octanol–water partition coefficient (Wildman–Crippen LogP) is 2.15. The molecule has 5 heteroatoms. The van der Waals surface area contributed by atoms with Crippen LogP contribution in [0.5, 0.6) is 0 Å². The lowest BCUT2D eigenvalue weighted by Crippen LogP contribution is -2.49. The molecule has 140 valence electrons. The van der Waals surface area contributed by atoms with Crippen LogP contribution in [0, 0.1) is 5.92 Å². The van der Waals surface area contributed by atoms with Gasteiger partial charge in [-0.15, -0.1) is 0 Å². The first-order valence-electron chi connectivity index (χ1n) is 9.31. The summed E-state index contributed by atoms with van der Waals surface area (Å²) in [6, 6.07) is 10.5. The molecule has 1 aromatic carbocycles. The molecule has 1 amide bonds. The molecule has 1 fully saturated rings. The Morgan fingerprint density at radius 3 is 2.72 bits per heavy atom. The standard InChI is InChI=1S/C20H33N3O2/c1-16(2)13-23-10-11-25-19(14-23)12-21-20(24)15-22(4)17(3)18-8-6-5-7-9-18/h5-9,16-17,19H,10-15H2,1-4H3,(H,21,24). The van der Waals surface area contributed by atoms with E-state index in [0.717, 1.165) is 26.2 Å². The maximum Gasteiger partial charge on any atom is 0.234 e. The van der Waals surface area contributed by atoms with E-state index in [-0.39, 0.29) is 18.1 Å². The Labute approximate surface area is 152 Å². The molecule has 0 bridgehead atoms. The van der Waals surface area contributed by atoms with Crippen LogP contribution in [0.2, 0.25) is 0 Å². The van der Waals surface area contributed by atoms with E-state index in [1.54, 1.807) is 0 Å². The average Bonchev–Trinajstić information content (AvgIpc) is 2.60. The summed E-state index contributed by atoms with van der Waals surface area (Å²) in [5.41, 5.74) is 1.22. The Hall–Kier alpha value is -1.43. The van der Waals surface area contributed by atoms with E-state index in [1.807, 2.05) is 25.2 Å². The van der Waals surface area contributed by atoms with Gasteiger partial charge in [0.2, 0.25) is 5.91 Å². The normalized spacial score (nSPS) is 20.0. The highest BCUT2D eigenvalue weighted by Crippen LogP contribution is 2.17. The van der Waals surface area contributed by atoms with Crippen molar-refractivity contribution in [3.63, 3.8) is 0 Å². The van der Waals surface area contributed by atoms with Gasteiger partial charge in [0, 0.05) is 32.2 Å². The van der Waals surface area contributed by atoms with Crippen LogP contribution in [0.15, 0.2) is 30.3 Å². The van der Waals surface area contributed by atoms with Gasteiger partial charge in [-0.3, -0.25) is 14.6 Å². The molecule has 1 saturated heterocycles. The first-order valence-corrected chi connectivity index (χ1v) is 9.31. The van der Waals surface area contributed by atoms with E-state index < -0.39 is 0 Å². The van der Waals surface area contributed by atoms with Gasteiger partial charge >= 0.3 is 0 Å². The van der Waals surface area contributed by atoms with Crippen LogP contribution < -0.4 is 5.32 Å². The molecule has 2 unspecified atom stereocenters. The summed E-state index contributed by atoms with van der Waals surface area (Å²) in [5, 5.41) is 3.03.